The van der Waals surface area contributed by atoms with Gasteiger partial charge in [0.1, 0.15) is 0 Å². The number of aryl methyl sites for hydroxylation is 1. The summed E-state index contributed by atoms with van der Waals surface area (Å²) in [6.07, 6.45) is -1.57. The second-order valence-electron chi connectivity index (χ2n) is 10.3. The van der Waals surface area contributed by atoms with E-state index in [1.807, 2.05) is 48.5 Å². The number of aromatic nitrogens is 4. The number of thioether (sulfide) groups is 1. The van der Waals surface area contributed by atoms with Crippen molar-refractivity contribution < 1.29 is 23.0 Å². The number of aliphatic hydroxyl groups excluding tert-OH is 1. The van der Waals surface area contributed by atoms with E-state index in [0.29, 0.717) is 22.2 Å². The third-order valence-electron chi connectivity index (χ3n) is 7.39. The Morgan fingerprint density at radius 2 is 1.57 bits per heavy atom. The Morgan fingerprint density at radius 1 is 0.864 bits per heavy atom. The van der Waals surface area contributed by atoms with Crippen LogP contribution in [-0.2, 0) is 33.2 Å². The number of nitrogens with one attached hydrogen (secondary N) is 1. The Kier molecular flexibility index (Phi) is 9.05. The van der Waals surface area contributed by atoms with Gasteiger partial charge in [-0.2, -0.15) is 0 Å². The first-order chi connectivity index (χ1) is 21.4. The Balaban J connectivity index is 1.36. The average molecular weight is 630 g/mol. The van der Waals surface area contributed by atoms with Crippen LogP contribution in [0.25, 0.3) is 0 Å². The highest BCUT2D eigenvalue weighted by molar-refractivity contribution is 7.99. The highest BCUT2D eigenvalue weighted by Gasteiger charge is 2.42. The minimum atomic E-state index is -3.79. The molecule has 0 spiro atoms. The quantitative estimate of drug-likeness (QED) is 0.200. The summed E-state index contributed by atoms with van der Waals surface area (Å²) in [5.41, 5.74) is 3.84. The first kappa shape index (κ1) is 30.0. The molecule has 1 fully saturated rings. The van der Waals surface area contributed by atoms with Crippen molar-refractivity contribution in [2.24, 2.45) is 7.05 Å². The average Bonchev–Trinajstić information content (AvgIpc) is 3.48. The van der Waals surface area contributed by atoms with Gasteiger partial charge >= 0.3 is 0 Å². The predicted molar refractivity (Wildman–Crippen MR) is 166 cm³/mol. The van der Waals surface area contributed by atoms with E-state index < -0.39 is 22.4 Å². The molecule has 0 amide bonds. The van der Waals surface area contributed by atoms with E-state index in [2.05, 4.69) is 32.4 Å². The normalized spacial score (nSPS) is 20.3. The number of aliphatic hydroxyl groups is 1. The molecule has 44 heavy (non-hydrogen) atoms. The van der Waals surface area contributed by atoms with Gasteiger partial charge in [-0.15, -0.1) is 5.10 Å². The highest BCUT2D eigenvalue weighted by atomic mass is 32.2. The molecule has 1 saturated heterocycles. The van der Waals surface area contributed by atoms with E-state index in [1.165, 1.54) is 11.8 Å². The van der Waals surface area contributed by atoms with Gasteiger partial charge in [0.15, 0.2) is 6.29 Å². The van der Waals surface area contributed by atoms with Crippen LogP contribution in [0.3, 0.4) is 0 Å². The second-order valence-corrected chi connectivity index (χ2v) is 13.0. The van der Waals surface area contributed by atoms with E-state index >= 15 is 0 Å². The van der Waals surface area contributed by atoms with E-state index in [-0.39, 0.29) is 23.5 Å². The van der Waals surface area contributed by atoms with Crippen LogP contribution in [-0.4, -0.2) is 45.6 Å². The van der Waals surface area contributed by atoms with Gasteiger partial charge in [-0.05, 0) is 51.4 Å². The zero-order valence-corrected chi connectivity index (χ0v) is 25.4. The van der Waals surface area contributed by atoms with Crippen molar-refractivity contribution in [2.75, 3.05) is 10.5 Å². The smallest absolute Gasteiger partial charge is 0.261 e. The predicted octanol–water partition coefficient (Wildman–Crippen LogP) is 5.23. The lowest BCUT2D eigenvalue weighted by atomic mass is 9.84. The van der Waals surface area contributed by atoms with Gasteiger partial charge < -0.3 is 14.6 Å². The lowest BCUT2D eigenvalue weighted by molar-refractivity contribution is -0.255. The highest BCUT2D eigenvalue weighted by Crippen LogP contribution is 2.48. The maximum absolute atomic E-state index is 13.0. The molecule has 2 N–H and O–H groups in total. The molecule has 12 heteroatoms. The maximum Gasteiger partial charge on any atom is 0.261 e. The van der Waals surface area contributed by atoms with Crippen molar-refractivity contribution in [3.05, 3.63) is 131 Å². The first-order valence-electron chi connectivity index (χ1n) is 14.0. The topological polar surface area (TPSA) is 128 Å². The van der Waals surface area contributed by atoms with Crippen molar-refractivity contribution in [1.29, 1.82) is 0 Å². The molecule has 4 atom stereocenters. The number of nitrogens with zero attached hydrogens (tertiary/aromatic N) is 4. The molecule has 226 valence electrons. The van der Waals surface area contributed by atoms with Gasteiger partial charge in [-0.3, -0.25) is 4.72 Å². The Hall–Kier alpha value is -4.07. The summed E-state index contributed by atoms with van der Waals surface area (Å²) in [6, 6.07) is 33.1. The second kappa shape index (κ2) is 13.3. The minimum Gasteiger partial charge on any atom is -0.392 e. The van der Waals surface area contributed by atoms with Crippen molar-refractivity contribution in [2.45, 2.75) is 41.1 Å². The number of anilines is 1. The van der Waals surface area contributed by atoms with Crippen LogP contribution in [0, 0.1) is 0 Å². The van der Waals surface area contributed by atoms with Crippen molar-refractivity contribution in [1.82, 2.24) is 20.2 Å². The maximum atomic E-state index is 13.0. The van der Waals surface area contributed by atoms with Gasteiger partial charge in [0.05, 0.1) is 23.7 Å². The third kappa shape index (κ3) is 6.69. The monoisotopic (exact) mass is 629 g/mol. The lowest BCUT2D eigenvalue weighted by Crippen LogP contribution is -2.38. The minimum absolute atomic E-state index is 0.0592. The van der Waals surface area contributed by atoms with Crippen molar-refractivity contribution in [3.8, 4) is 0 Å². The third-order valence-corrected chi connectivity index (χ3v) is 9.89. The SMILES string of the molecule is Cn1nnnc1SCC1OC(c2cccc(NS(=O)(=O)c3ccccc3)c2)OC(c2ccc(CO)cc2)C1c1ccccc1. The summed E-state index contributed by atoms with van der Waals surface area (Å²) in [6.45, 7) is -0.0592. The van der Waals surface area contributed by atoms with Gasteiger partial charge in [-0.1, -0.05) is 96.7 Å². The Bertz CT molecular complexity index is 1790. The van der Waals surface area contributed by atoms with Crippen LogP contribution in [0.5, 0.6) is 0 Å². The number of hydrogen-bond acceptors (Lipinski definition) is 9. The number of ether oxygens (including phenoxy) is 2. The van der Waals surface area contributed by atoms with Gasteiger partial charge in [0.25, 0.3) is 10.0 Å². The molecule has 4 unspecified atom stereocenters. The molecular weight excluding hydrogens is 599 g/mol. The molecule has 10 nitrogen and oxygen atoms in total. The lowest BCUT2D eigenvalue weighted by Gasteiger charge is -2.43. The van der Waals surface area contributed by atoms with E-state index in [1.54, 1.807) is 60.3 Å². The molecular formula is C32H31N5O5S2. The van der Waals surface area contributed by atoms with E-state index in [9.17, 15) is 13.5 Å². The summed E-state index contributed by atoms with van der Waals surface area (Å²) in [4.78, 5) is 0.169. The molecule has 1 aromatic heterocycles. The summed E-state index contributed by atoms with van der Waals surface area (Å²) < 4.78 is 43.8. The Labute approximate surface area is 260 Å². The molecule has 6 rings (SSSR count). The largest absolute Gasteiger partial charge is 0.392 e. The summed E-state index contributed by atoms with van der Waals surface area (Å²) >= 11 is 1.49. The zero-order chi connectivity index (χ0) is 30.5. The standard InChI is InChI=1S/C32H31N5O5S2/c1-37-32(33-35-36-37)43-21-28-29(23-9-4-2-5-10-23)30(24-17-15-22(20-38)16-18-24)42-31(41-28)25-11-8-12-26(19-25)34-44(39,40)27-13-6-3-7-14-27/h2-19,28-31,34,38H,20-21H2,1H3. The van der Waals surface area contributed by atoms with Gasteiger partial charge in [0.2, 0.25) is 5.16 Å². The Morgan fingerprint density at radius 3 is 2.25 bits per heavy atom. The molecule has 0 aliphatic carbocycles. The fourth-order valence-electron chi connectivity index (χ4n) is 5.21. The zero-order valence-electron chi connectivity index (χ0n) is 23.8. The van der Waals surface area contributed by atoms with E-state index in [0.717, 1.165) is 16.7 Å². The van der Waals surface area contributed by atoms with Crippen molar-refractivity contribution in [3.63, 3.8) is 0 Å². The van der Waals surface area contributed by atoms with Crippen LogP contribution < -0.4 is 4.72 Å². The summed E-state index contributed by atoms with van der Waals surface area (Å²) in [5, 5.41) is 22.1. The first-order valence-corrected chi connectivity index (χ1v) is 16.5. The number of tetrazole rings is 1. The summed E-state index contributed by atoms with van der Waals surface area (Å²) in [5.74, 6) is 0.333. The molecule has 5 aromatic rings. The van der Waals surface area contributed by atoms with Gasteiger partial charge in [0, 0.05) is 30.0 Å². The van der Waals surface area contributed by atoms with Gasteiger partial charge in [-0.25, -0.2) is 13.1 Å². The molecule has 0 bridgehead atoms. The van der Waals surface area contributed by atoms with Crippen molar-refractivity contribution >= 4 is 27.5 Å². The van der Waals surface area contributed by atoms with Crippen LogP contribution in [0.2, 0.25) is 0 Å². The molecule has 2 heterocycles. The molecule has 0 saturated carbocycles. The van der Waals surface area contributed by atoms with Crippen LogP contribution in [0.15, 0.2) is 119 Å². The van der Waals surface area contributed by atoms with Crippen LogP contribution in [0.1, 0.15) is 40.6 Å². The van der Waals surface area contributed by atoms with E-state index in [4.69, 9.17) is 9.47 Å². The van der Waals surface area contributed by atoms with Crippen LogP contribution in [0.4, 0.5) is 5.69 Å². The molecule has 1 aliphatic heterocycles. The molecule has 4 aromatic carbocycles. The number of rotatable bonds is 10. The number of sulfonamides is 1. The molecule has 1 aliphatic rings. The number of benzene rings is 4. The fourth-order valence-corrected chi connectivity index (χ4v) is 7.20. The van der Waals surface area contributed by atoms with Crippen LogP contribution >= 0.6 is 11.8 Å². The number of hydrogen-bond donors (Lipinski definition) is 2. The fraction of sp³-hybridized carbons (Fsp3) is 0.219. The summed E-state index contributed by atoms with van der Waals surface area (Å²) in [7, 11) is -2.00. The molecule has 0 radical (unpaired) electrons.